The summed E-state index contributed by atoms with van der Waals surface area (Å²) in [6, 6.07) is 11.2. The Kier molecular flexibility index (Phi) is 5.07. The molecule has 1 fully saturated rings. The van der Waals surface area contributed by atoms with Crippen LogP contribution in [0.4, 0.5) is 24.5 Å². The van der Waals surface area contributed by atoms with Crippen molar-refractivity contribution < 1.29 is 27.5 Å². The molecule has 3 rings (SSSR count). The summed E-state index contributed by atoms with van der Waals surface area (Å²) in [7, 11) is 1.49. The number of carbonyl (C=O) groups is 2. The van der Waals surface area contributed by atoms with Gasteiger partial charge in [-0.05, 0) is 36.8 Å². The number of benzene rings is 2. The second kappa shape index (κ2) is 7.30. The zero-order valence-corrected chi connectivity index (χ0v) is 14.4. The van der Waals surface area contributed by atoms with Crippen LogP contribution >= 0.6 is 0 Å². The first-order valence-electron chi connectivity index (χ1n) is 8.23. The molecule has 5 nitrogen and oxygen atoms in total. The number of hydrogen-bond donors (Lipinski definition) is 1. The summed E-state index contributed by atoms with van der Waals surface area (Å²) in [4.78, 5) is 26.2. The van der Waals surface area contributed by atoms with Gasteiger partial charge in [0.2, 0.25) is 11.8 Å². The number of rotatable bonds is 4. The van der Waals surface area contributed by atoms with E-state index < -0.39 is 29.5 Å². The summed E-state index contributed by atoms with van der Waals surface area (Å²) in [5.74, 6) is -1.42. The van der Waals surface area contributed by atoms with Gasteiger partial charge in [0.15, 0.2) is 0 Å². The molecule has 0 radical (unpaired) electrons. The predicted molar refractivity (Wildman–Crippen MR) is 93.5 cm³/mol. The Morgan fingerprint density at radius 1 is 1.19 bits per heavy atom. The summed E-state index contributed by atoms with van der Waals surface area (Å²) in [5.41, 5.74) is -0.228. The molecule has 0 bridgehead atoms. The molecule has 1 heterocycles. The molecule has 0 aromatic heterocycles. The number of alkyl halides is 3. The van der Waals surface area contributed by atoms with Crippen molar-refractivity contribution in [2.45, 2.75) is 12.6 Å². The van der Waals surface area contributed by atoms with Crippen LogP contribution in [0.1, 0.15) is 12.0 Å². The highest BCUT2D eigenvalue weighted by Crippen LogP contribution is 2.33. The maximum atomic E-state index is 12.9. The fourth-order valence-corrected chi connectivity index (χ4v) is 2.96. The smallest absolute Gasteiger partial charge is 0.416 e. The molecule has 1 aliphatic heterocycles. The molecule has 0 spiro atoms. The summed E-state index contributed by atoms with van der Waals surface area (Å²) >= 11 is 0. The minimum atomic E-state index is -4.50. The first-order valence-corrected chi connectivity index (χ1v) is 8.23. The first kappa shape index (κ1) is 18.8. The lowest BCUT2D eigenvalue weighted by Gasteiger charge is -2.18. The number of nitrogens with zero attached hydrogens (tertiary/aromatic N) is 1. The van der Waals surface area contributed by atoms with E-state index in [1.54, 1.807) is 24.3 Å². The number of anilines is 2. The van der Waals surface area contributed by atoms with Crippen molar-refractivity contribution in [1.29, 1.82) is 0 Å². The lowest BCUT2D eigenvalue weighted by Crippen LogP contribution is -2.33. The molecule has 2 aromatic rings. The monoisotopic (exact) mass is 378 g/mol. The molecule has 1 atom stereocenters. The van der Waals surface area contributed by atoms with Crippen LogP contribution in [0.5, 0.6) is 5.75 Å². The van der Waals surface area contributed by atoms with Gasteiger partial charge >= 0.3 is 6.18 Å². The van der Waals surface area contributed by atoms with Gasteiger partial charge < -0.3 is 15.0 Å². The summed E-state index contributed by atoms with van der Waals surface area (Å²) in [6.45, 7) is 0.177. The zero-order chi connectivity index (χ0) is 19.6. The van der Waals surface area contributed by atoms with Crippen molar-refractivity contribution in [3.63, 3.8) is 0 Å². The van der Waals surface area contributed by atoms with E-state index in [1.807, 2.05) is 0 Å². The maximum Gasteiger partial charge on any atom is 0.416 e. The Bertz CT molecular complexity index is 867. The van der Waals surface area contributed by atoms with Crippen molar-refractivity contribution in [2.24, 2.45) is 5.92 Å². The number of ether oxygens (including phenoxy) is 1. The van der Waals surface area contributed by atoms with Gasteiger partial charge in [-0.1, -0.05) is 12.1 Å². The number of hydrogen-bond acceptors (Lipinski definition) is 3. The maximum absolute atomic E-state index is 12.9. The Morgan fingerprint density at radius 2 is 1.93 bits per heavy atom. The van der Waals surface area contributed by atoms with E-state index in [9.17, 15) is 22.8 Å². The van der Waals surface area contributed by atoms with Gasteiger partial charge in [0.1, 0.15) is 11.7 Å². The molecule has 0 aliphatic carbocycles. The van der Waals surface area contributed by atoms with Gasteiger partial charge in [0.25, 0.3) is 0 Å². The van der Waals surface area contributed by atoms with E-state index in [0.717, 1.165) is 12.1 Å². The summed E-state index contributed by atoms with van der Waals surface area (Å²) in [6.07, 6.45) is -4.27. The quantitative estimate of drug-likeness (QED) is 0.826. The fourth-order valence-electron chi connectivity index (χ4n) is 2.96. The lowest BCUT2D eigenvalue weighted by molar-refractivity contribution is -0.137. The van der Waals surface area contributed by atoms with Crippen molar-refractivity contribution in [2.75, 3.05) is 23.9 Å². The summed E-state index contributed by atoms with van der Waals surface area (Å²) < 4.78 is 43.7. The summed E-state index contributed by atoms with van der Waals surface area (Å²) in [5, 5.41) is 2.65. The first-order chi connectivity index (χ1) is 12.8. The minimum absolute atomic E-state index is 0.131. The SMILES string of the molecule is COc1cccc(NC(=O)C2CCN(c3cccc(C(F)(F)F)c3)C2=O)c1. The Hall–Kier alpha value is -3.03. The van der Waals surface area contributed by atoms with Gasteiger partial charge in [-0.15, -0.1) is 0 Å². The van der Waals surface area contributed by atoms with E-state index in [-0.39, 0.29) is 18.7 Å². The normalized spacial score (nSPS) is 17.1. The van der Waals surface area contributed by atoms with Crippen LogP contribution in [0, 0.1) is 5.92 Å². The average molecular weight is 378 g/mol. The molecular formula is C19H17F3N2O3. The molecule has 142 valence electrons. The van der Waals surface area contributed by atoms with Crippen molar-refractivity contribution >= 4 is 23.2 Å². The highest BCUT2D eigenvalue weighted by molar-refractivity contribution is 6.13. The third kappa shape index (κ3) is 4.05. The highest BCUT2D eigenvalue weighted by Gasteiger charge is 2.38. The molecular weight excluding hydrogens is 361 g/mol. The number of nitrogens with one attached hydrogen (secondary N) is 1. The van der Waals surface area contributed by atoms with Crippen LogP contribution in [-0.4, -0.2) is 25.5 Å². The standard InChI is InChI=1S/C19H17F3N2O3/c1-27-15-7-3-5-13(11-15)23-17(25)16-8-9-24(18(16)26)14-6-2-4-12(10-14)19(20,21)22/h2-7,10-11,16H,8-9H2,1H3,(H,23,25). The van der Waals surface area contributed by atoms with Gasteiger partial charge in [0.05, 0.1) is 12.7 Å². The van der Waals surface area contributed by atoms with Crippen LogP contribution < -0.4 is 15.0 Å². The van der Waals surface area contributed by atoms with E-state index in [4.69, 9.17) is 4.74 Å². The molecule has 2 aromatic carbocycles. The molecule has 27 heavy (non-hydrogen) atoms. The molecule has 8 heteroatoms. The van der Waals surface area contributed by atoms with Crippen LogP contribution in [0.25, 0.3) is 0 Å². The van der Waals surface area contributed by atoms with E-state index in [1.165, 1.54) is 24.1 Å². The Morgan fingerprint density at radius 3 is 2.63 bits per heavy atom. The largest absolute Gasteiger partial charge is 0.497 e. The molecule has 1 saturated heterocycles. The topological polar surface area (TPSA) is 58.6 Å². The lowest BCUT2D eigenvalue weighted by atomic mass is 10.1. The number of amides is 2. The number of methoxy groups -OCH3 is 1. The average Bonchev–Trinajstić information content (AvgIpc) is 3.03. The number of halogens is 3. The van der Waals surface area contributed by atoms with Gasteiger partial charge in [0, 0.05) is 24.0 Å². The predicted octanol–water partition coefficient (Wildman–Crippen LogP) is 3.71. The van der Waals surface area contributed by atoms with Crippen molar-refractivity contribution in [3.8, 4) is 5.75 Å². The molecule has 1 unspecified atom stereocenters. The Balaban J connectivity index is 1.74. The van der Waals surface area contributed by atoms with E-state index in [2.05, 4.69) is 5.32 Å². The third-order valence-corrected chi connectivity index (χ3v) is 4.34. The van der Waals surface area contributed by atoms with E-state index >= 15 is 0 Å². The fraction of sp³-hybridized carbons (Fsp3) is 0.263. The highest BCUT2D eigenvalue weighted by atomic mass is 19.4. The molecule has 2 amide bonds. The number of carbonyl (C=O) groups excluding carboxylic acids is 2. The zero-order valence-electron chi connectivity index (χ0n) is 14.4. The Labute approximate surface area is 153 Å². The second-order valence-corrected chi connectivity index (χ2v) is 6.10. The van der Waals surface area contributed by atoms with E-state index in [0.29, 0.717) is 11.4 Å². The second-order valence-electron chi connectivity index (χ2n) is 6.10. The van der Waals surface area contributed by atoms with Crippen LogP contribution in [-0.2, 0) is 15.8 Å². The van der Waals surface area contributed by atoms with Crippen LogP contribution in [0.15, 0.2) is 48.5 Å². The van der Waals surface area contributed by atoms with Gasteiger partial charge in [-0.2, -0.15) is 13.2 Å². The minimum Gasteiger partial charge on any atom is -0.497 e. The molecule has 1 aliphatic rings. The third-order valence-electron chi connectivity index (χ3n) is 4.34. The van der Waals surface area contributed by atoms with Crippen molar-refractivity contribution in [1.82, 2.24) is 0 Å². The van der Waals surface area contributed by atoms with Crippen molar-refractivity contribution in [3.05, 3.63) is 54.1 Å². The van der Waals surface area contributed by atoms with Gasteiger partial charge in [-0.3, -0.25) is 9.59 Å². The van der Waals surface area contributed by atoms with Gasteiger partial charge in [-0.25, -0.2) is 0 Å². The van der Waals surface area contributed by atoms with Crippen LogP contribution in [0.3, 0.4) is 0 Å². The molecule has 1 N–H and O–H groups in total. The molecule has 0 saturated carbocycles. The van der Waals surface area contributed by atoms with Crippen LogP contribution in [0.2, 0.25) is 0 Å².